The van der Waals surface area contributed by atoms with Gasteiger partial charge in [0.1, 0.15) is 0 Å². The van der Waals surface area contributed by atoms with Crippen molar-refractivity contribution in [3.05, 3.63) is 51.5 Å². The van der Waals surface area contributed by atoms with Crippen LogP contribution in [0.4, 0.5) is 5.69 Å². The van der Waals surface area contributed by atoms with Crippen molar-refractivity contribution in [3.63, 3.8) is 0 Å². The summed E-state index contributed by atoms with van der Waals surface area (Å²) < 4.78 is 0. The summed E-state index contributed by atoms with van der Waals surface area (Å²) in [7, 11) is 0. The van der Waals surface area contributed by atoms with E-state index in [4.69, 9.17) is 0 Å². The van der Waals surface area contributed by atoms with E-state index in [1.54, 1.807) is 0 Å². The molecular weight excluding hydrogens is 278 g/mol. The van der Waals surface area contributed by atoms with Gasteiger partial charge in [0.2, 0.25) is 0 Å². The first-order valence-corrected chi connectivity index (χ1v) is 6.88. The van der Waals surface area contributed by atoms with Gasteiger partial charge >= 0.3 is 0 Å². The fourth-order valence-electron chi connectivity index (χ4n) is 1.74. The number of rotatable bonds is 5. The van der Waals surface area contributed by atoms with E-state index in [0.717, 1.165) is 16.3 Å². The van der Waals surface area contributed by atoms with E-state index in [9.17, 15) is 14.9 Å². The molecule has 104 valence electrons. The van der Waals surface area contributed by atoms with Gasteiger partial charge in [-0.25, -0.2) is 4.98 Å². The largest absolute Gasteiger partial charge is 0.353 e. The van der Waals surface area contributed by atoms with Crippen LogP contribution in [0.25, 0.3) is 0 Å². The maximum atomic E-state index is 11.9. The van der Waals surface area contributed by atoms with Crippen LogP contribution >= 0.6 is 11.8 Å². The summed E-state index contributed by atoms with van der Waals surface area (Å²) in [5.74, 6) is -0.00263. The average Bonchev–Trinajstić information content (AvgIpc) is 2.84. The van der Waals surface area contributed by atoms with Gasteiger partial charge in [-0.3, -0.25) is 14.9 Å². The molecule has 1 N–H and O–H groups in total. The monoisotopic (exact) mass is 291 g/mol. The topological polar surface area (TPSA) is 88.9 Å². The number of Topliss-reactive ketones (excluding diaryl/α,β-unsaturated/α-hetero) is 1. The predicted octanol–water partition coefficient (Wildman–Crippen LogP) is 2.91. The van der Waals surface area contributed by atoms with Crippen LogP contribution in [0, 0.1) is 24.0 Å². The molecule has 0 saturated carbocycles. The van der Waals surface area contributed by atoms with Gasteiger partial charge < -0.3 is 4.98 Å². The number of pyridine rings is 1. The second-order valence-electron chi connectivity index (χ2n) is 4.36. The highest BCUT2D eigenvalue weighted by Gasteiger charge is 2.14. The summed E-state index contributed by atoms with van der Waals surface area (Å²) in [6.45, 7) is 3.86. The number of thioether (sulfide) groups is 1. The lowest BCUT2D eigenvalue weighted by molar-refractivity contribution is -0.384. The summed E-state index contributed by atoms with van der Waals surface area (Å²) in [5.41, 5.74) is 2.12. The Kier molecular flexibility index (Phi) is 4.19. The van der Waals surface area contributed by atoms with Gasteiger partial charge in [0.25, 0.3) is 5.69 Å². The van der Waals surface area contributed by atoms with E-state index in [1.165, 1.54) is 24.0 Å². The number of carbonyl (C=O) groups is 1. The second-order valence-corrected chi connectivity index (χ2v) is 5.36. The van der Waals surface area contributed by atoms with Crippen LogP contribution in [0.15, 0.2) is 29.4 Å². The number of nitro groups is 1. The minimum absolute atomic E-state index is 0.108. The van der Waals surface area contributed by atoms with Gasteiger partial charge in [0, 0.05) is 11.8 Å². The predicted molar refractivity (Wildman–Crippen MR) is 76.2 cm³/mol. The minimum Gasteiger partial charge on any atom is -0.353 e. The van der Waals surface area contributed by atoms with Gasteiger partial charge in [-0.05, 0) is 31.5 Å². The van der Waals surface area contributed by atoms with Crippen molar-refractivity contribution < 1.29 is 9.72 Å². The zero-order chi connectivity index (χ0) is 14.7. The lowest BCUT2D eigenvalue weighted by Crippen LogP contribution is -2.03. The molecule has 0 aliphatic carbocycles. The maximum absolute atomic E-state index is 11.9. The molecule has 0 radical (unpaired) electrons. The van der Waals surface area contributed by atoms with Crippen LogP contribution in [-0.4, -0.2) is 26.4 Å². The second kappa shape index (κ2) is 5.87. The van der Waals surface area contributed by atoms with Crippen LogP contribution in [-0.2, 0) is 0 Å². The van der Waals surface area contributed by atoms with Gasteiger partial charge in [-0.15, -0.1) is 0 Å². The molecule has 2 aromatic rings. The molecule has 0 spiro atoms. The first kappa shape index (κ1) is 14.3. The maximum Gasteiger partial charge on any atom is 0.287 e. The number of ketones is 1. The quantitative estimate of drug-likeness (QED) is 0.396. The summed E-state index contributed by atoms with van der Waals surface area (Å²) >= 11 is 1.32. The SMILES string of the molecule is Cc1cc(C)nc(SCC(=O)c2cc([N+](=O)[O-])c[nH]2)c1. The van der Waals surface area contributed by atoms with E-state index in [2.05, 4.69) is 9.97 Å². The minimum atomic E-state index is -0.536. The van der Waals surface area contributed by atoms with Crippen molar-refractivity contribution in [1.29, 1.82) is 0 Å². The highest BCUT2D eigenvalue weighted by Crippen LogP contribution is 2.20. The lowest BCUT2D eigenvalue weighted by atomic mass is 10.3. The van der Waals surface area contributed by atoms with Crippen molar-refractivity contribution >= 4 is 23.2 Å². The molecule has 0 saturated heterocycles. The zero-order valence-electron chi connectivity index (χ0n) is 11.0. The van der Waals surface area contributed by atoms with E-state index in [1.807, 2.05) is 26.0 Å². The van der Waals surface area contributed by atoms with E-state index in [-0.39, 0.29) is 22.9 Å². The summed E-state index contributed by atoms with van der Waals surface area (Å²) in [4.78, 5) is 28.9. The third-order valence-electron chi connectivity index (χ3n) is 2.60. The standard InChI is InChI=1S/C13H13N3O3S/c1-8-3-9(2)15-13(4-8)20-7-12(17)11-5-10(6-14-11)16(18)19/h3-6,14H,7H2,1-2H3. The highest BCUT2D eigenvalue weighted by atomic mass is 32.2. The molecule has 20 heavy (non-hydrogen) atoms. The molecule has 2 rings (SSSR count). The number of carbonyl (C=O) groups excluding carboxylic acids is 1. The molecule has 6 nitrogen and oxygen atoms in total. The molecule has 0 aliphatic heterocycles. The lowest BCUT2D eigenvalue weighted by Gasteiger charge is -2.02. The Morgan fingerprint density at radius 3 is 2.75 bits per heavy atom. The number of aromatic amines is 1. The van der Waals surface area contributed by atoms with Crippen LogP contribution in [0.3, 0.4) is 0 Å². The number of nitrogens with one attached hydrogen (secondary N) is 1. The van der Waals surface area contributed by atoms with Gasteiger partial charge in [0.15, 0.2) is 5.78 Å². The molecule has 0 fully saturated rings. The zero-order valence-corrected chi connectivity index (χ0v) is 11.9. The van der Waals surface area contributed by atoms with E-state index in [0.29, 0.717) is 0 Å². The highest BCUT2D eigenvalue weighted by molar-refractivity contribution is 7.99. The van der Waals surface area contributed by atoms with E-state index >= 15 is 0 Å². The van der Waals surface area contributed by atoms with Crippen LogP contribution in [0.1, 0.15) is 21.7 Å². The van der Waals surface area contributed by atoms with Gasteiger partial charge in [-0.2, -0.15) is 0 Å². The molecule has 0 aliphatic rings. The average molecular weight is 291 g/mol. The number of hydrogen-bond acceptors (Lipinski definition) is 5. The number of hydrogen-bond donors (Lipinski definition) is 1. The Morgan fingerprint density at radius 1 is 1.40 bits per heavy atom. The molecule has 0 aromatic carbocycles. The molecule has 0 unspecified atom stereocenters. The summed E-state index contributed by atoms with van der Waals surface area (Å²) in [5, 5.41) is 11.3. The fraction of sp³-hybridized carbons (Fsp3) is 0.231. The first-order chi connectivity index (χ1) is 9.45. The molecule has 0 atom stereocenters. The molecular formula is C13H13N3O3S. The number of aryl methyl sites for hydroxylation is 2. The van der Waals surface area contributed by atoms with Crippen molar-refractivity contribution in [2.45, 2.75) is 18.9 Å². The fourth-order valence-corrected chi connectivity index (χ4v) is 2.66. The Bertz CT molecular complexity index is 646. The van der Waals surface area contributed by atoms with Crippen LogP contribution in [0.2, 0.25) is 0 Å². The van der Waals surface area contributed by atoms with Crippen molar-refractivity contribution in [2.24, 2.45) is 0 Å². The normalized spacial score (nSPS) is 10.5. The third kappa shape index (κ3) is 3.45. The third-order valence-corrected chi connectivity index (χ3v) is 3.52. The Hall–Kier alpha value is -2.15. The van der Waals surface area contributed by atoms with Gasteiger partial charge in [0.05, 0.1) is 27.6 Å². The van der Waals surface area contributed by atoms with Crippen molar-refractivity contribution in [3.8, 4) is 0 Å². The first-order valence-electron chi connectivity index (χ1n) is 5.90. The van der Waals surface area contributed by atoms with Crippen LogP contribution in [0.5, 0.6) is 0 Å². The molecule has 0 bridgehead atoms. The molecule has 7 heteroatoms. The van der Waals surface area contributed by atoms with Gasteiger partial charge in [-0.1, -0.05) is 11.8 Å². The molecule has 2 heterocycles. The van der Waals surface area contributed by atoms with Crippen LogP contribution < -0.4 is 0 Å². The molecule has 0 amide bonds. The smallest absolute Gasteiger partial charge is 0.287 e. The number of nitrogens with zero attached hydrogens (tertiary/aromatic N) is 2. The van der Waals surface area contributed by atoms with Crippen molar-refractivity contribution in [2.75, 3.05) is 5.75 Å². The number of H-pyrrole nitrogens is 1. The number of aromatic nitrogens is 2. The summed E-state index contributed by atoms with van der Waals surface area (Å²) in [6.07, 6.45) is 1.22. The Balaban J connectivity index is 2.02. The Labute approximate surface area is 119 Å². The summed E-state index contributed by atoms with van der Waals surface area (Å²) in [6, 6.07) is 5.11. The van der Waals surface area contributed by atoms with E-state index < -0.39 is 4.92 Å². The Morgan fingerprint density at radius 2 is 2.15 bits per heavy atom. The van der Waals surface area contributed by atoms with Crippen molar-refractivity contribution in [1.82, 2.24) is 9.97 Å². The molecule has 2 aromatic heterocycles.